The fourth-order valence-electron chi connectivity index (χ4n) is 1.81. The van der Waals surface area contributed by atoms with E-state index in [1.165, 1.54) is 0 Å². The fraction of sp³-hybridized carbons (Fsp3) is 0.143. The number of aryl methyl sites for hydroxylation is 1. The van der Waals surface area contributed by atoms with E-state index in [-0.39, 0.29) is 10.7 Å². The Morgan fingerprint density at radius 3 is 2.52 bits per heavy atom. The Kier molecular flexibility index (Phi) is 4.87. The van der Waals surface area contributed by atoms with Crippen molar-refractivity contribution in [3.63, 3.8) is 0 Å². The van der Waals surface area contributed by atoms with Crippen LogP contribution < -0.4 is 10.5 Å². The van der Waals surface area contributed by atoms with Gasteiger partial charge in [0.15, 0.2) is 0 Å². The molecule has 0 fully saturated rings. The first-order valence-electron chi connectivity index (χ1n) is 6.26. The average Bonchev–Trinajstić information content (AvgIpc) is 2.46. The number of nitrogens with two attached hydrogens (primary N) is 1. The van der Waals surface area contributed by atoms with E-state index in [0.29, 0.717) is 17.7 Å². The van der Waals surface area contributed by atoms with E-state index in [0.717, 1.165) is 5.56 Å². The van der Waals surface area contributed by atoms with Gasteiger partial charge in [0, 0.05) is 18.0 Å². The normalized spacial score (nSPS) is 11.0. The molecular formula is C14H15N3O2S2. The quantitative estimate of drug-likeness (QED) is 0.791. The molecule has 7 heteroatoms. The van der Waals surface area contributed by atoms with Gasteiger partial charge in [0.05, 0.1) is 11.4 Å². The van der Waals surface area contributed by atoms with Crippen LogP contribution in [0.5, 0.6) is 0 Å². The minimum absolute atomic E-state index is 0.0251. The number of rotatable bonds is 6. The summed E-state index contributed by atoms with van der Waals surface area (Å²) < 4.78 is 26.8. The molecule has 0 spiro atoms. The molecule has 0 unspecified atom stereocenters. The van der Waals surface area contributed by atoms with Gasteiger partial charge in [-0.25, -0.2) is 8.42 Å². The second-order valence-electron chi connectivity index (χ2n) is 4.44. The molecule has 3 N–H and O–H groups in total. The van der Waals surface area contributed by atoms with Crippen molar-refractivity contribution in [2.24, 2.45) is 5.73 Å². The van der Waals surface area contributed by atoms with Crippen LogP contribution >= 0.6 is 12.2 Å². The van der Waals surface area contributed by atoms with Crippen LogP contribution in [0.3, 0.4) is 0 Å². The van der Waals surface area contributed by atoms with Crippen LogP contribution in [0.25, 0.3) is 0 Å². The van der Waals surface area contributed by atoms with Crippen molar-refractivity contribution in [1.29, 1.82) is 0 Å². The van der Waals surface area contributed by atoms with Crippen molar-refractivity contribution in [3.8, 4) is 0 Å². The number of pyridine rings is 1. The van der Waals surface area contributed by atoms with Crippen molar-refractivity contribution in [3.05, 3.63) is 59.9 Å². The Bertz CT molecular complexity index is 731. The Labute approximate surface area is 129 Å². The number of benzene rings is 1. The summed E-state index contributed by atoms with van der Waals surface area (Å²) in [5, 5.41) is 0. The van der Waals surface area contributed by atoms with E-state index in [1.807, 2.05) is 0 Å². The first kappa shape index (κ1) is 15.4. The molecule has 2 aromatic rings. The maximum Gasteiger partial charge on any atom is 0.233 e. The summed E-state index contributed by atoms with van der Waals surface area (Å²) in [7, 11) is -3.47. The molecule has 0 aliphatic heterocycles. The lowest BCUT2D eigenvalue weighted by atomic mass is 10.2. The third-order valence-corrected chi connectivity index (χ3v) is 4.36. The van der Waals surface area contributed by atoms with Crippen LogP contribution in [0.4, 0.5) is 5.69 Å². The van der Waals surface area contributed by atoms with Crippen LogP contribution in [0.15, 0.2) is 48.8 Å². The summed E-state index contributed by atoms with van der Waals surface area (Å²) >= 11 is 4.92. The topological polar surface area (TPSA) is 85.1 Å². The van der Waals surface area contributed by atoms with Gasteiger partial charge in [0.2, 0.25) is 10.0 Å². The number of aromatic nitrogens is 1. The van der Waals surface area contributed by atoms with Crippen LogP contribution in [-0.2, 0) is 16.4 Å². The number of thiocarbonyl (C=S) groups is 1. The molecular weight excluding hydrogens is 306 g/mol. The highest BCUT2D eigenvalue weighted by Gasteiger charge is 2.13. The Morgan fingerprint density at radius 2 is 1.86 bits per heavy atom. The average molecular weight is 321 g/mol. The number of hydrogen-bond acceptors (Lipinski definition) is 4. The zero-order chi connectivity index (χ0) is 15.3. The van der Waals surface area contributed by atoms with E-state index in [2.05, 4.69) is 9.71 Å². The Balaban J connectivity index is 2.10. The fourth-order valence-corrected chi connectivity index (χ4v) is 3.10. The molecule has 1 heterocycles. The van der Waals surface area contributed by atoms with Crippen LogP contribution in [0.1, 0.15) is 11.1 Å². The van der Waals surface area contributed by atoms with Crippen LogP contribution in [0.2, 0.25) is 0 Å². The van der Waals surface area contributed by atoms with Gasteiger partial charge in [-0.15, -0.1) is 0 Å². The van der Waals surface area contributed by atoms with Gasteiger partial charge in [0.1, 0.15) is 4.99 Å². The standard InChI is InChI=1S/C14H15N3O2S2/c15-14(20)12-3-1-2-4-13(12)17-21(18,19)10-7-11-5-8-16-9-6-11/h1-6,8-9,17H,7,10H2,(H2,15,20). The monoisotopic (exact) mass is 321 g/mol. The molecule has 0 bridgehead atoms. The molecule has 1 aromatic heterocycles. The number of para-hydroxylation sites is 1. The maximum atomic E-state index is 12.1. The third-order valence-electron chi connectivity index (χ3n) is 2.87. The first-order chi connectivity index (χ1) is 9.98. The zero-order valence-corrected chi connectivity index (χ0v) is 12.8. The van der Waals surface area contributed by atoms with E-state index >= 15 is 0 Å². The number of nitrogens with one attached hydrogen (secondary N) is 1. The molecule has 1 aromatic carbocycles. The van der Waals surface area contributed by atoms with E-state index < -0.39 is 10.0 Å². The third kappa shape index (κ3) is 4.51. The van der Waals surface area contributed by atoms with Gasteiger partial charge in [-0.3, -0.25) is 9.71 Å². The highest BCUT2D eigenvalue weighted by Crippen LogP contribution is 2.16. The smallest absolute Gasteiger partial charge is 0.233 e. The molecule has 110 valence electrons. The molecule has 0 saturated carbocycles. The van der Waals surface area contributed by atoms with Gasteiger partial charge < -0.3 is 5.73 Å². The van der Waals surface area contributed by atoms with Crippen molar-refractivity contribution in [1.82, 2.24) is 4.98 Å². The predicted molar refractivity (Wildman–Crippen MR) is 87.7 cm³/mol. The van der Waals surface area contributed by atoms with Gasteiger partial charge >= 0.3 is 0 Å². The van der Waals surface area contributed by atoms with Crippen LogP contribution in [0, 0.1) is 0 Å². The SMILES string of the molecule is NC(=S)c1ccccc1NS(=O)(=O)CCc1ccncc1. The number of nitrogens with zero attached hydrogens (tertiary/aromatic N) is 1. The van der Waals surface area contributed by atoms with Crippen molar-refractivity contribution in [2.45, 2.75) is 6.42 Å². The first-order valence-corrected chi connectivity index (χ1v) is 8.32. The highest BCUT2D eigenvalue weighted by molar-refractivity contribution is 7.92. The second-order valence-corrected chi connectivity index (χ2v) is 6.72. The number of hydrogen-bond donors (Lipinski definition) is 2. The van der Waals surface area contributed by atoms with Gasteiger partial charge in [-0.1, -0.05) is 24.4 Å². The summed E-state index contributed by atoms with van der Waals surface area (Å²) in [6.45, 7) is 0. The van der Waals surface area contributed by atoms with E-state index in [4.69, 9.17) is 18.0 Å². The maximum absolute atomic E-state index is 12.1. The lowest BCUT2D eigenvalue weighted by molar-refractivity contribution is 0.600. The van der Waals surface area contributed by atoms with Gasteiger partial charge in [0.25, 0.3) is 0 Å². The minimum Gasteiger partial charge on any atom is -0.389 e. The van der Waals surface area contributed by atoms with Crippen molar-refractivity contribution < 1.29 is 8.42 Å². The summed E-state index contributed by atoms with van der Waals surface area (Å²) in [6, 6.07) is 10.4. The summed E-state index contributed by atoms with van der Waals surface area (Å²) in [6.07, 6.45) is 3.68. The summed E-state index contributed by atoms with van der Waals surface area (Å²) in [4.78, 5) is 4.05. The second kappa shape index (κ2) is 6.64. The zero-order valence-electron chi connectivity index (χ0n) is 11.2. The molecule has 0 aliphatic carbocycles. The van der Waals surface area contributed by atoms with Crippen molar-refractivity contribution >= 4 is 32.9 Å². The van der Waals surface area contributed by atoms with Crippen molar-refractivity contribution in [2.75, 3.05) is 10.5 Å². The predicted octanol–water partition coefficient (Wildman–Crippen LogP) is 1.70. The molecule has 0 radical (unpaired) electrons. The largest absolute Gasteiger partial charge is 0.389 e. The Hall–Kier alpha value is -1.99. The minimum atomic E-state index is -3.47. The molecule has 0 amide bonds. The lowest BCUT2D eigenvalue weighted by Gasteiger charge is -2.11. The molecule has 0 aliphatic rings. The lowest BCUT2D eigenvalue weighted by Crippen LogP contribution is -2.21. The molecule has 0 atom stereocenters. The number of sulfonamides is 1. The Morgan fingerprint density at radius 1 is 1.19 bits per heavy atom. The highest BCUT2D eigenvalue weighted by atomic mass is 32.2. The summed E-state index contributed by atoms with van der Waals surface area (Å²) in [5.74, 6) is -0.0251. The van der Waals surface area contributed by atoms with Gasteiger partial charge in [-0.2, -0.15) is 0 Å². The van der Waals surface area contributed by atoms with Crippen LogP contribution in [-0.4, -0.2) is 24.1 Å². The van der Waals surface area contributed by atoms with E-state index in [9.17, 15) is 8.42 Å². The molecule has 0 saturated heterocycles. The molecule has 5 nitrogen and oxygen atoms in total. The van der Waals surface area contributed by atoms with E-state index in [1.54, 1.807) is 48.8 Å². The number of anilines is 1. The molecule has 21 heavy (non-hydrogen) atoms. The molecule has 2 rings (SSSR count). The summed E-state index contributed by atoms with van der Waals surface area (Å²) in [5.41, 5.74) is 7.42. The van der Waals surface area contributed by atoms with Gasteiger partial charge in [-0.05, 0) is 36.2 Å².